The molecule has 0 amide bonds. The first kappa shape index (κ1) is 15.5. The molecule has 20 heavy (non-hydrogen) atoms. The third kappa shape index (κ3) is 3.07. The van der Waals surface area contributed by atoms with E-state index in [0.29, 0.717) is 0 Å². The Labute approximate surface area is 131 Å². The van der Waals surface area contributed by atoms with Crippen LogP contribution in [0.15, 0.2) is 23.7 Å². The highest BCUT2D eigenvalue weighted by atomic mass is 35.5. The van der Waals surface area contributed by atoms with Crippen LogP contribution in [0.2, 0.25) is 5.02 Å². The molecule has 3 heteroatoms. The van der Waals surface area contributed by atoms with E-state index in [9.17, 15) is 0 Å². The Bertz CT molecular complexity index is 601. The Kier molecular flexibility index (Phi) is 4.01. The van der Waals surface area contributed by atoms with Gasteiger partial charge in [0.2, 0.25) is 0 Å². The molecule has 0 spiro atoms. The second-order valence-electron chi connectivity index (χ2n) is 7.21. The van der Waals surface area contributed by atoms with Gasteiger partial charge in [-0.15, -0.1) is 11.3 Å². The highest BCUT2D eigenvalue weighted by molar-refractivity contribution is 7.13. The maximum Gasteiger partial charge on any atom is 0.123 e. The number of halogens is 1. The molecule has 0 N–H and O–H groups in total. The van der Waals surface area contributed by atoms with Crippen LogP contribution < -0.4 is 0 Å². The molecule has 1 aromatic heterocycles. The van der Waals surface area contributed by atoms with E-state index in [1.807, 2.05) is 11.6 Å². The van der Waals surface area contributed by atoms with Gasteiger partial charge >= 0.3 is 0 Å². The molecule has 0 radical (unpaired) electrons. The Morgan fingerprint density at radius 1 is 0.950 bits per heavy atom. The fourth-order valence-electron chi connectivity index (χ4n) is 2.30. The summed E-state index contributed by atoms with van der Waals surface area (Å²) in [6.07, 6.45) is 1.85. The van der Waals surface area contributed by atoms with Gasteiger partial charge in [0.15, 0.2) is 0 Å². The molecule has 0 fully saturated rings. The van der Waals surface area contributed by atoms with Gasteiger partial charge in [-0.3, -0.25) is 0 Å². The molecule has 0 aliphatic carbocycles. The van der Waals surface area contributed by atoms with Crippen LogP contribution in [0.5, 0.6) is 0 Å². The van der Waals surface area contributed by atoms with Crippen LogP contribution in [0.4, 0.5) is 0 Å². The maximum absolute atomic E-state index is 6.53. The average Bonchev–Trinajstić information content (AvgIpc) is 2.78. The molecular weight excluding hydrogens is 286 g/mol. The Hall–Kier alpha value is -0.860. The number of benzene rings is 1. The van der Waals surface area contributed by atoms with Crippen LogP contribution in [0.3, 0.4) is 0 Å². The van der Waals surface area contributed by atoms with E-state index in [-0.39, 0.29) is 10.8 Å². The summed E-state index contributed by atoms with van der Waals surface area (Å²) in [5.74, 6) is 0. The van der Waals surface area contributed by atoms with Crippen molar-refractivity contribution in [1.29, 1.82) is 0 Å². The zero-order chi connectivity index (χ0) is 15.1. The molecule has 1 aromatic carbocycles. The number of aromatic nitrogens is 1. The number of hydrogen-bond donors (Lipinski definition) is 0. The minimum absolute atomic E-state index is 0.0402. The zero-order valence-corrected chi connectivity index (χ0v) is 14.6. The topological polar surface area (TPSA) is 12.9 Å². The maximum atomic E-state index is 6.53. The second-order valence-corrected chi connectivity index (χ2v) is 8.52. The lowest BCUT2D eigenvalue weighted by Crippen LogP contribution is -2.18. The summed E-state index contributed by atoms with van der Waals surface area (Å²) in [5, 5.41) is 3.88. The summed E-state index contributed by atoms with van der Waals surface area (Å²) in [6, 6.07) is 4.35. The minimum atomic E-state index is 0.0402. The van der Waals surface area contributed by atoms with Gasteiger partial charge in [-0.05, 0) is 28.0 Å². The number of thiazole rings is 1. The van der Waals surface area contributed by atoms with Gasteiger partial charge < -0.3 is 0 Å². The first-order valence-corrected chi connectivity index (χ1v) is 8.11. The molecule has 2 aromatic rings. The second kappa shape index (κ2) is 5.16. The number of nitrogens with zero attached hydrogens (tertiary/aromatic N) is 1. The van der Waals surface area contributed by atoms with Crippen LogP contribution in [0.25, 0.3) is 10.6 Å². The summed E-state index contributed by atoms with van der Waals surface area (Å²) < 4.78 is 0. The van der Waals surface area contributed by atoms with E-state index in [2.05, 4.69) is 58.7 Å². The quantitative estimate of drug-likeness (QED) is 0.624. The van der Waals surface area contributed by atoms with Crippen LogP contribution in [0.1, 0.15) is 52.7 Å². The van der Waals surface area contributed by atoms with E-state index < -0.39 is 0 Å². The van der Waals surface area contributed by atoms with Crippen LogP contribution in [-0.2, 0) is 10.8 Å². The summed E-state index contributed by atoms with van der Waals surface area (Å²) in [7, 11) is 0. The van der Waals surface area contributed by atoms with Gasteiger partial charge in [-0.2, -0.15) is 0 Å². The first-order valence-electron chi connectivity index (χ1n) is 6.85. The molecule has 0 saturated heterocycles. The van der Waals surface area contributed by atoms with Crippen molar-refractivity contribution >= 4 is 22.9 Å². The third-order valence-electron chi connectivity index (χ3n) is 3.39. The van der Waals surface area contributed by atoms with Gasteiger partial charge in [-0.1, -0.05) is 59.2 Å². The molecule has 0 unspecified atom stereocenters. The highest BCUT2D eigenvalue weighted by Crippen LogP contribution is 2.40. The smallest absolute Gasteiger partial charge is 0.123 e. The molecule has 0 aliphatic heterocycles. The molecular formula is C17H22ClNS. The Balaban J connectivity index is 2.73. The van der Waals surface area contributed by atoms with Crippen molar-refractivity contribution < 1.29 is 0 Å². The monoisotopic (exact) mass is 307 g/mol. The SMILES string of the molecule is CC(C)(C)c1cc(C(C)(C)C)c(-c2nccs2)cc1Cl. The third-order valence-corrected chi connectivity index (χ3v) is 4.51. The largest absolute Gasteiger partial charge is 0.245 e. The predicted octanol–water partition coefficient (Wildman–Crippen LogP) is 6.06. The highest BCUT2D eigenvalue weighted by Gasteiger charge is 2.25. The molecule has 0 bridgehead atoms. The van der Waals surface area contributed by atoms with E-state index in [4.69, 9.17) is 11.6 Å². The van der Waals surface area contributed by atoms with Crippen molar-refractivity contribution in [2.24, 2.45) is 0 Å². The van der Waals surface area contributed by atoms with Gasteiger partial charge in [0.05, 0.1) is 0 Å². The molecule has 1 heterocycles. The lowest BCUT2D eigenvalue weighted by atomic mass is 9.78. The van der Waals surface area contributed by atoms with Crippen molar-refractivity contribution in [3.63, 3.8) is 0 Å². The summed E-state index contributed by atoms with van der Waals surface area (Å²) >= 11 is 8.19. The molecule has 2 rings (SSSR count). The lowest BCUT2D eigenvalue weighted by Gasteiger charge is -2.28. The van der Waals surface area contributed by atoms with Crippen LogP contribution in [-0.4, -0.2) is 4.98 Å². The van der Waals surface area contributed by atoms with Crippen molar-refractivity contribution in [2.45, 2.75) is 52.4 Å². The normalized spacial score (nSPS) is 12.8. The number of hydrogen-bond acceptors (Lipinski definition) is 2. The van der Waals surface area contributed by atoms with E-state index in [1.54, 1.807) is 11.3 Å². The van der Waals surface area contributed by atoms with Crippen LogP contribution >= 0.6 is 22.9 Å². The van der Waals surface area contributed by atoms with Gasteiger partial charge in [-0.25, -0.2) is 4.98 Å². The zero-order valence-electron chi connectivity index (χ0n) is 13.0. The fraction of sp³-hybridized carbons (Fsp3) is 0.471. The lowest BCUT2D eigenvalue weighted by molar-refractivity contribution is 0.570. The summed E-state index contributed by atoms with van der Waals surface area (Å²) in [6.45, 7) is 13.3. The molecule has 1 nitrogen and oxygen atoms in total. The molecule has 0 saturated carbocycles. The molecule has 0 aliphatic rings. The Morgan fingerprint density at radius 3 is 2.00 bits per heavy atom. The number of rotatable bonds is 1. The van der Waals surface area contributed by atoms with Gasteiger partial charge in [0.1, 0.15) is 5.01 Å². The summed E-state index contributed by atoms with van der Waals surface area (Å²) in [5.41, 5.74) is 3.76. The molecule has 0 atom stereocenters. The van der Waals surface area contributed by atoms with Crippen molar-refractivity contribution in [3.8, 4) is 10.6 Å². The average molecular weight is 308 g/mol. The first-order chi connectivity index (χ1) is 9.10. The van der Waals surface area contributed by atoms with E-state index >= 15 is 0 Å². The van der Waals surface area contributed by atoms with E-state index in [0.717, 1.165) is 15.6 Å². The standard InChI is InChI=1S/C17H22ClNS/c1-16(2,3)12-10-13(17(4,5)6)14(18)9-11(12)15-19-7-8-20-15/h7-10H,1-6H3. The van der Waals surface area contributed by atoms with E-state index in [1.165, 1.54) is 11.1 Å². The van der Waals surface area contributed by atoms with Crippen molar-refractivity contribution in [1.82, 2.24) is 4.98 Å². The Morgan fingerprint density at radius 2 is 1.55 bits per heavy atom. The minimum Gasteiger partial charge on any atom is -0.245 e. The van der Waals surface area contributed by atoms with Crippen molar-refractivity contribution in [3.05, 3.63) is 39.9 Å². The fourth-order valence-corrected chi connectivity index (χ4v) is 3.42. The molecule has 108 valence electrons. The van der Waals surface area contributed by atoms with Gasteiger partial charge in [0, 0.05) is 22.2 Å². The predicted molar refractivity (Wildman–Crippen MR) is 90.0 cm³/mol. The van der Waals surface area contributed by atoms with Gasteiger partial charge in [0.25, 0.3) is 0 Å². The van der Waals surface area contributed by atoms with Crippen molar-refractivity contribution in [2.75, 3.05) is 0 Å². The summed E-state index contributed by atoms with van der Waals surface area (Å²) in [4.78, 5) is 4.45. The van der Waals surface area contributed by atoms with Crippen LogP contribution in [0, 0.1) is 0 Å².